The number of aliphatic hydroxyl groups excluding tert-OH is 1. The number of aliphatic hydroxyl groups is 1. The molecule has 0 amide bonds. The van der Waals surface area contributed by atoms with Gasteiger partial charge in [-0.1, -0.05) is 18.2 Å². The Kier molecular flexibility index (Phi) is 3.78. The first kappa shape index (κ1) is 13.6. The molecule has 1 fully saturated rings. The maximum atomic E-state index is 11.4. The van der Waals surface area contributed by atoms with E-state index in [1.165, 1.54) is 11.1 Å². The van der Waals surface area contributed by atoms with E-state index < -0.39 is 15.9 Å². The standard InChI is InChI=1S/C14H20O3S/c1-10-3-4-12(7-11(10)2)8-14(15)13-5-6-18(16,17)9-13/h3-4,7,13-15H,5-6,8-9H2,1-2H3. The van der Waals surface area contributed by atoms with Gasteiger partial charge in [0.05, 0.1) is 17.6 Å². The van der Waals surface area contributed by atoms with Crippen LogP contribution < -0.4 is 0 Å². The zero-order chi connectivity index (χ0) is 13.3. The largest absolute Gasteiger partial charge is 0.392 e. The van der Waals surface area contributed by atoms with Crippen LogP contribution >= 0.6 is 0 Å². The van der Waals surface area contributed by atoms with Crippen molar-refractivity contribution in [3.8, 4) is 0 Å². The first-order valence-corrected chi connectivity index (χ1v) is 8.14. The van der Waals surface area contributed by atoms with E-state index in [1.54, 1.807) is 0 Å². The average Bonchev–Trinajstić information content (AvgIpc) is 2.64. The van der Waals surface area contributed by atoms with E-state index in [0.717, 1.165) is 5.56 Å². The van der Waals surface area contributed by atoms with E-state index in [2.05, 4.69) is 13.0 Å². The number of hydrogen-bond acceptors (Lipinski definition) is 3. The van der Waals surface area contributed by atoms with Crippen molar-refractivity contribution in [1.82, 2.24) is 0 Å². The first-order chi connectivity index (χ1) is 8.37. The second-order valence-corrected chi connectivity index (χ2v) is 7.58. The van der Waals surface area contributed by atoms with Gasteiger partial charge in [-0.05, 0) is 43.4 Å². The van der Waals surface area contributed by atoms with Crippen LogP contribution in [0.5, 0.6) is 0 Å². The minimum Gasteiger partial charge on any atom is -0.392 e. The summed E-state index contributed by atoms with van der Waals surface area (Å²) in [5.74, 6) is 0.261. The molecule has 1 saturated heterocycles. The molecule has 0 spiro atoms. The maximum Gasteiger partial charge on any atom is 0.150 e. The van der Waals surface area contributed by atoms with Crippen LogP contribution in [0.3, 0.4) is 0 Å². The molecule has 1 aliphatic rings. The number of hydrogen-bond donors (Lipinski definition) is 1. The third kappa shape index (κ3) is 3.12. The van der Waals surface area contributed by atoms with Crippen LogP contribution in [0.1, 0.15) is 23.1 Å². The summed E-state index contributed by atoms with van der Waals surface area (Å²) in [6, 6.07) is 6.12. The van der Waals surface area contributed by atoms with Gasteiger partial charge in [0.1, 0.15) is 0 Å². The van der Waals surface area contributed by atoms with Crippen LogP contribution in [-0.2, 0) is 16.3 Å². The third-order valence-corrected chi connectivity index (χ3v) is 5.62. The number of aryl methyl sites for hydroxylation is 2. The van der Waals surface area contributed by atoms with E-state index in [9.17, 15) is 13.5 Å². The summed E-state index contributed by atoms with van der Waals surface area (Å²) in [4.78, 5) is 0. The van der Waals surface area contributed by atoms with Gasteiger partial charge in [0.15, 0.2) is 9.84 Å². The maximum absolute atomic E-state index is 11.4. The first-order valence-electron chi connectivity index (χ1n) is 6.32. The molecule has 0 aromatic heterocycles. The zero-order valence-electron chi connectivity index (χ0n) is 10.9. The summed E-state index contributed by atoms with van der Waals surface area (Å²) in [5.41, 5.74) is 3.52. The van der Waals surface area contributed by atoms with Crippen molar-refractivity contribution >= 4 is 9.84 Å². The molecule has 1 aromatic rings. The summed E-state index contributed by atoms with van der Waals surface area (Å²) < 4.78 is 22.8. The van der Waals surface area contributed by atoms with Crippen molar-refractivity contribution in [3.63, 3.8) is 0 Å². The van der Waals surface area contributed by atoms with Gasteiger partial charge in [-0.15, -0.1) is 0 Å². The predicted octanol–water partition coefficient (Wildman–Crippen LogP) is 1.64. The Labute approximate surface area is 109 Å². The lowest BCUT2D eigenvalue weighted by Crippen LogP contribution is -2.24. The third-order valence-electron chi connectivity index (χ3n) is 3.83. The fourth-order valence-electron chi connectivity index (χ4n) is 2.47. The van der Waals surface area contributed by atoms with Crippen molar-refractivity contribution in [2.24, 2.45) is 5.92 Å². The Morgan fingerprint density at radius 1 is 1.33 bits per heavy atom. The van der Waals surface area contributed by atoms with Crippen molar-refractivity contribution in [1.29, 1.82) is 0 Å². The zero-order valence-corrected chi connectivity index (χ0v) is 11.7. The predicted molar refractivity (Wildman–Crippen MR) is 72.4 cm³/mol. The lowest BCUT2D eigenvalue weighted by molar-refractivity contribution is 0.120. The molecule has 0 aliphatic carbocycles. The van der Waals surface area contributed by atoms with E-state index in [0.29, 0.717) is 12.8 Å². The molecule has 18 heavy (non-hydrogen) atoms. The van der Waals surface area contributed by atoms with Gasteiger partial charge in [-0.3, -0.25) is 0 Å². The lowest BCUT2D eigenvalue weighted by Gasteiger charge is -2.17. The molecule has 2 rings (SSSR count). The summed E-state index contributed by atoms with van der Waals surface area (Å²) in [7, 11) is -2.91. The highest BCUT2D eigenvalue weighted by Crippen LogP contribution is 2.24. The summed E-state index contributed by atoms with van der Waals surface area (Å²) >= 11 is 0. The quantitative estimate of drug-likeness (QED) is 0.906. The molecule has 100 valence electrons. The lowest BCUT2D eigenvalue weighted by atomic mass is 9.94. The average molecular weight is 268 g/mol. The molecule has 1 heterocycles. The Morgan fingerprint density at radius 2 is 2.06 bits per heavy atom. The molecule has 4 heteroatoms. The number of sulfone groups is 1. The topological polar surface area (TPSA) is 54.4 Å². The molecule has 0 bridgehead atoms. The highest BCUT2D eigenvalue weighted by atomic mass is 32.2. The fourth-order valence-corrected chi connectivity index (χ4v) is 4.34. The molecule has 0 radical (unpaired) electrons. The van der Waals surface area contributed by atoms with Crippen molar-refractivity contribution in [2.75, 3.05) is 11.5 Å². The summed E-state index contributed by atoms with van der Waals surface area (Å²) in [6.07, 6.45) is 0.583. The van der Waals surface area contributed by atoms with Crippen LogP contribution in [0, 0.1) is 19.8 Å². The van der Waals surface area contributed by atoms with Gasteiger partial charge >= 0.3 is 0 Å². The molecule has 1 N–H and O–H groups in total. The second-order valence-electron chi connectivity index (χ2n) is 5.35. The van der Waals surface area contributed by atoms with E-state index in [4.69, 9.17) is 0 Å². The molecular weight excluding hydrogens is 248 g/mol. The SMILES string of the molecule is Cc1ccc(CC(O)C2CCS(=O)(=O)C2)cc1C. The number of rotatable bonds is 3. The summed E-state index contributed by atoms with van der Waals surface area (Å²) in [6.45, 7) is 4.10. The van der Waals surface area contributed by atoms with Gasteiger partial charge in [0, 0.05) is 5.92 Å². The van der Waals surface area contributed by atoms with Gasteiger partial charge in [-0.2, -0.15) is 0 Å². The Hall–Kier alpha value is -0.870. The molecule has 2 atom stereocenters. The van der Waals surface area contributed by atoms with Crippen LogP contribution in [-0.4, -0.2) is 31.1 Å². The molecular formula is C14H20O3S. The Bertz CT molecular complexity index is 534. The number of benzene rings is 1. The summed E-state index contributed by atoms with van der Waals surface area (Å²) in [5, 5.41) is 10.1. The highest BCUT2D eigenvalue weighted by Gasteiger charge is 2.32. The van der Waals surface area contributed by atoms with E-state index >= 15 is 0 Å². The Morgan fingerprint density at radius 3 is 2.61 bits per heavy atom. The molecule has 1 aromatic carbocycles. The van der Waals surface area contributed by atoms with Gasteiger partial charge in [0.2, 0.25) is 0 Å². The van der Waals surface area contributed by atoms with Crippen molar-refractivity contribution in [3.05, 3.63) is 34.9 Å². The van der Waals surface area contributed by atoms with Crippen molar-refractivity contribution < 1.29 is 13.5 Å². The molecule has 3 nitrogen and oxygen atoms in total. The highest BCUT2D eigenvalue weighted by molar-refractivity contribution is 7.91. The van der Waals surface area contributed by atoms with E-state index in [-0.39, 0.29) is 17.4 Å². The van der Waals surface area contributed by atoms with Crippen LogP contribution in [0.2, 0.25) is 0 Å². The Balaban J connectivity index is 2.03. The minimum absolute atomic E-state index is 0.100. The van der Waals surface area contributed by atoms with Gasteiger partial charge < -0.3 is 5.11 Å². The smallest absolute Gasteiger partial charge is 0.150 e. The molecule has 1 aliphatic heterocycles. The minimum atomic E-state index is -2.91. The fraction of sp³-hybridized carbons (Fsp3) is 0.571. The van der Waals surface area contributed by atoms with Crippen LogP contribution in [0.25, 0.3) is 0 Å². The van der Waals surface area contributed by atoms with Crippen LogP contribution in [0.4, 0.5) is 0 Å². The normalized spacial score (nSPS) is 24.1. The van der Waals surface area contributed by atoms with Gasteiger partial charge in [-0.25, -0.2) is 8.42 Å². The van der Waals surface area contributed by atoms with E-state index in [1.807, 2.05) is 19.1 Å². The second kappa shape index (κ2) is 5.02. The monoisotopic (exact) mass is 268 g/mol. The van der Waals surface area contributed by atoms with Crippen LogP contribution in [0.15, 0.2) is 18.2 Å². The van der Waals surface area contributed by atoms with Gasteiger partial charge in [0.25, 0.3) is 0 Å². The molecule has 0 saturated carbocycles. The molecule has 2 unspecified atom stereocenters. The van der Waals surface area contributed by atoms with Crippen molar-refractivity contribution in [2.45, 2.75) is 32.8 Å².